The van der Waals surface area contributed by atoms with E-state index in [1.807, 2.05) is 19.4 Å². The van der Waals surface area contributed by atoms with Crippen molar-refractivity contribution in [1.29, 1.82) is 0 Å². The minimum atomic E-state index is -4.34. The summed E-state index contributed by atoms with van der Waals surface area (Å²) in [5.74, 6) is 1.24. The molecule has 1 saturated heterocycles. The maximum absolute atomic E-state index is 12.9. The van der Waals surface area contributed by atoms with Gasteiger partial charge in [0.2, 0.25) is 0 Å². The summed E-state index contributed by atoms with van der Waals surface area (Å²) >= 11 is 0. The normalized spacial score (nSPS) is 20.3. The molecule has 0 radical (unpaired) electrons. The van der Waals surface area contributed by atoms with Crippen LogP contribution in [0, 0.1) is 5.92 Å². The molecule has 1 aliphatic heterocycles. The highest BCUT2D eigenvalue weighted by Gasteiger charge is 2.31. The third kappa shape index (κ3) is 6.10. The van der Waals surface area contributed by atoms with Crippen molar-refractivity contribution < 1.29 is 13.2 Å². The van der Waals surface area contributed by atoms with Crippen LogP contribution in [0.3, 0.4) is 0 Å². The lowest BCUT2D eigenvalue weighted by atomic mass is 9.93. The number of hydrogen-bond donors (Lipinski definition) is 1. The minimum absolute atomic E-state index is 0. The molecule has 3 rings (SSSR count). The quantitative estimate of drug-likeness (QED) is 0.365. The lowest BCUT2D eigenvalue weighted by molar-refractivity contribution is -0.137. The molecule has 0 spiro atoms. The number of rotatable bonds is 4. The molecule has 2 atom stereocenters. The zero-order valence-electron chi connectivity index (χ0n) is 16.6. The van der Waals surface area contributed by atoms with Gasteiger partial charge >= 0.3 is 6.18 Å². The summed E-state index contributed by atoms with van der Waals surface area (Å²) < 4.78 is 40.9. The van der Waals surface area contributed by atoms with E-state index >= 15 is 0 Å². The Bertz CT molecular complexity index is 792. The molecule has 160 valence electrons. The van der Waals surface area contributed by atoms with Crippen LogP contribution in [0.1, 0.15) is 37.4 Å². The molecule has 5 nitrogen and oxygen atoms in total. The molecule has 1 aromatic heterocycles. The van der Waals surface area contributed by atoms with Gasteiger partial charge in [-0.25, -0.2) is 9.98 Å². The molecule has 1 fully saturated rings. The fourth-order valence-electron chi connectivity index (χ4n) is 3.53. The molecule has 2 unspecified atom stereocenters. The Morgan fingerprint density at radius 3 is 2.79 bits per heavy atom. The molecule has 1 aliphatic rings. The summed E-state index contributed by atoms with van der Waals surface area (Å²) in [6.45, 7) is 6.76. The molecule has 2 aromatic rings. The van der Waals surface area contributed by atoms with Crippen molar-refractivity contribution in [3.8, 4) is 0 Å². The topological polar surface area (TPSA) is 45.5 Å². The summed E-state index contributed by atoms with van der Waals surface area (Å²) in [6.07, 6.45) is 2.25. The number of aromatic nitrogens is 2. The van der Waals surface area contributed by atoms with Crippen molar-refractivity contribution in [2.24, 2.45) is 10.9 Å². The Morgan fingerprint density at radius 2 is 2.14 bits per heavy atom. The van der Waals surface area contributed by atoms with Gasteiger partial charge < -0.3 is 14.8 Å². The van der Waals surface area contributed by atoms with Gasteiger partial charge in [0.15, 0.2) is 5.96 Å². The first-order valence-corrected chi connectivity index (χ1v) is 9.55. The minimum Gasteiger partial charge on any atom is -0.357 e. The molecule has 29 heavy (non-hydrogen) atoms. The van der Waals surface area contributed by atoms with Gasteiger partial charge in [0.1, 0.15) is 0 Å². The third-order valence-corrected chi connectivity index (χ3v) is 5.13. The highest BCUT2D eigenvalue weighted by Crippen LogP contribution is 2.30. The van der Waals surface area contributed by atoms with Crippen LogP contribution in [0.2, 0.25) is 0 Å². The van der Waals surface area contributed by atoms with Crippen molar-refractivity contribution in [2.45, 2.75) is 39.0 Å². The summed E-state index contributed by atoms with van der Waals surface area (Å²) in [7, 11) is 0. The standard InChI is InChI=1S/C20H26F3N5.HI/c1-3-25-19(26-12-16-5-4-6-17(11-16)20(21,22)23)27-9-7-15(2)18(13-27)28-10-8-24-14-28;/h4-6,8,10-11,14-15,18H,3,7,9,12-13H2,1-2H3,(H,25,26);1H. The van der Waals surface area contributed by atoms with Crippen LogP contribution >= 0.6 is 24.0 Å². The SMILES string of the molecule is CCNC(=NCc1cccc(C(F)(F)F)c1)N1CCC(C)C(n2ccnc2)C1.I. The van der Waals surface area contributed by atoms with E-state index in [2.05, 4.69) is 31.7 Å². The predicted molar refractivity (Wildman–Crippen MR) is 118 cm³/mol. The van der Waals surface area contributed by atoms with Crippen molar-refractivity contribution in [3.63, 3.8) is 0 Å². The van der Waals surface area contributed by atoms with E-state index in [4.69, 9.17) is 0 Å². The molecule has 2 heterocycles. The van der Waals surface area contributed by atoms with E-state index in [9.17, 15) is 13.2 Å². The number of nitrogens with zero attached hydrogens (tertiary/aromatic N) is 4. The number of alkyl halides is 3. The van der Waals surface area contributed by atoms with Gasteiger partial charge in [0.05, 0.1) is 24.5 Å². The smallest absolute Gasteiger partial charge is 0.357 e. The number of hydrogen-bond acceptors (Lipinski definition) is 2. The number of likely N-dealkylation sites (tertiary alicyclic amines) is 1. The first-order valence-electron chi connectivity index (χ1n) is 9.55. The van der Waals surface area contributed by atoms with E-state index < -0.39 is 11.7 Å². The Labute approximate surface area is 186 Å². The molecule has 1 N–H and O–H groups in total. The lowest BCUT2D eigenvalue weighted by Crippen LogP contribution is -2.49. The molecule has 0 bridgehead atoms. The van der Waals surface area contributed by atoms with Gasteiger partial charge in [-0.05, 0) is 37.0 Å². The van der Waals surface area contributed by atoms with Crippen molar-refractivity contribution >= 4 is 29.9 Å². The molecule has 9 heteroatoms. The zero-order valence-corrected chi connectivity index (χ0v) is 18.9. The fraction of sp³-hybridized carbons (Fsp3) is 0.500. The maximum atomic E-state index is 12.9. The Morgan fingerprint density at radius 1 is 1.34 bits per heavy atom. The number of aliphatic imine (C=N–C) groups is 1. The second-order valence-corrected chi connectivity index (χ2v) is 7.16. The molecular formula is C20H27F3IN5. The first kappa shape index (κ1) is 23.5. The zero-order chi connectivity index (χ0) is 20.1. The molecule has 0 amide bonds. The maximum Gasteiger partial charge on any atom is 0.416 e. The fourth-order valence-corrected chi connectivity index (χ4v) is 3.53. The molecule has 1 aromatic carbocycles. The van der Waals surface area contributed by atoms with Gasteiger partial charge in [0, 0.05) is 32.0 Å². The van der Waals surface area contributed by atoms with Crippen molar-refractivity contribution in [1.82, 2.24) is 19.8 Å². The van der Waals surface area contributed by atoms with Crippen LogP contribution in [-0.4, -0.2) is 40.0 Å². The van der Waals surface area contributed by atoms with Crippen LogP contribution in [0.25, 0.3) is 0 Å². The second kappa shape index (κ2) is 10.3. The lowest BCUT2D eigenvalue weighted by Gasteiger charge is -2.39. The van der Waals surface area contributed by atoms with Crippen LogP contribution < -0.4 is 5.32 Å². The molecular weight excluding hydrogens is 494 g/mol. The number of nitrogens with one attached hydrogen (secondary N) is 1. The predicted octanol–water partition coefficient (Wildman–Crippen LogP) is 4.57. The van der Waals surface area contributed by atoms with Crippen LogP contribution in [0.4, 0.5) is 13.2 Å². The number of halogens is 4. The van der Waals surface area contributed by atoms with Crippen LogP contribution in [0.5, 0.6) is 0 Å². The highest BCUT2D eigenvalue weighted by atomic mass is 127. The third-order valence-electron chi connectivity index (χ3n) is 5.13. The second-order valence-electron chi connectivity index (χ2n) is 7.16. The average Bonchev–Trinajstić information content (AvgIpc) is 3.20. The van der Waals surface area contributed by atoms with Gasteiger partial charge in [-0.1, -0.05) is 19.1 Å². The largest absolute Gasteiger partial charge is 0.416 e. The van der Waals surface area contributed by atoms with Gasteiger partial charge in [-0.15, -0.1) is 24.0 Å². The first-order chi connectivity index (χ1) is 13.4. The van der Waals surface area contributed by atoms with Crippen LogP contribution in [0.15, 0.2) is 48.0 Å². The Kier molecular flexibility index (Phi) is 8.35. The van der Waals surface area contributed by atoms with Gasteiger partial charge in [-0.3, -0.25) is 0 Å². The number of benzene rings is 1. The van der Waals surface area contributed by atoms with Crippen LogP contribution in [-0.2, 0) is 12.7 Å². The summed E-state index contributed by atoms with van der Waals surface area (Å²) in [4.78, 5) is 10.9. The number of guanidine groups is 1. The van der Waals surface area contributed by atoms with Gasteiger partial charge in [0.25, 0.3) is 0 Å². The summed E-state index contributed by atoms with van der Waals surface area (Å²) in [6, 6.07) is 5.64. The summed E-state index contributed by atoms with van der Waals surface area (Å²) in [5, 5.41) is 3.28. The van der Waals surface area contributed by atoms with Crippen molar-refractivity contribution in [3.05, 3.63) is 54.1 Å². The van der Waals surface area contributed by atoms with E-state index in [-0.39, 0.29) is 36.6 Å². The van der Waals surface area contributed by atoms with Crippen molar-refractivity contribution in [2.75, 3.05) is 19.6 Å². The molecule has 0 saturated carbocycles. The highest BCUT2D eigenvalue weighted by molar-refractivity contribution is 14.0. The Balaban J connectivity index is 0.00000300. The monoisotopic (exact) mass is 521 g/mol. The van der Waals surface area contributed by atoms with E-state index in [0.29, 0.717) is 18.0 Å². The molecule has 0 aliphatic carbocycles. The number of imidazole rings is 1. The Hall–Kier alpha value is -1.78. The van der Waals surface area contributed by atoms with E-state index in [1.54, 1.807) is 12.3 Å². The average molecular weight is 521 g/mol. The van der Waals surface area contributed by atoms with Gasteiger partial charge in [-0.2, -0.15) is 13.2 Å². The summed E-state index contributed by atoms with van der Waals surface area (Å²) in [5.41, 5.74) is -0.0982. The van der Waals surface area contributed by atoms with E-state index in [0.717, 1.165) is 31.5 Å². The number of piperidine rings is 1. The van der Waals surface area contributed by atoms with E-state index in [1.165, 1.54) is 12.1 Å².